The quantitative estimate of drug-likeness (QED) is 0.710. The molecule has 0 aliphatic carbocycles. The maximum Gasteiger partial charge on any atom is 0.233 e. The van der Waals surface area contributed by atoms with Gasteiger partial charge in [0, 0.05) is 17.5 Å². The van der Waals surface area contributed by atoms with Gasteiger partial charge in [0.1, 0.15) is 0 Å². The first-order chi connectivity index (χ1) is 12.5. The van der Waals surface area contributed by atoms with Crippen LogP contribution in [0.4, 0.5) is 0 Å². The fourth-order valence-electron chi connectivity index (χ4n) is 3.26. The summed E-state index contributed by atoms with van der Waals surface area (Å²) >= 11 is 1.49. The topological polar surface area (TPSA) is 54.5 Å². The third-order valence-corrected chi connectivity index (χ3v) is 7.38. The summed E-state index contributed by atoms with van der Waals surface area (Å²) in [6.07, 6.45) is 0.554. The summed E-state index contributed by atoms with van der Waals surface area (Å²) in [7, 11) is -2.98. The van der Waals surface area contributed by atoms with E-state index in [9.17, 15) is 13.2 Å². The van der Waals surface area contributed by atoms with Gasteiger partial charge in [0.05, 0.1) is 17.3 Å². The molecule has 1 aliphatic rings. The number of carbonyl (C=O) groups is 1. The van der Waals surface area contributed by atoms with Crippen molar-refractivity contribution < 1.29 is 13.2 Å². The molecule has 0 radical (unpaired) electrons. The van der Waals surface area contributed by atoms with Crippen molar-refractivity contribution in [2.24, 2.45) is 0 Å². The molecule has 0 saturated carbocycles. The molecule has 0 spiro atoms. The van der Waals surface area contributed by atoms with Crippen LogP contribution in [0, 0.1) is 0 Å². The zero-order valence-corrected chi connectivity index (χ0v) is 16.4. The van der Waals surface area contributed by atoms with E-state index in [4.69, 9.17) is 0 Å². The van der Waals surface area contributed by atoms with E-state index in [2.05, 4.69) is 24.3 Å². The van der Waals surface area contributed by atoms with Gasteiger partial charge in [-0.25, -0.2) is 8.42 Å². The van der Waals surface area contributed by atoms with E-state index in [0.29, 0.717) is 18.7 Å². The lowest BCUT2D eigenvalue weighted by molar-refractivity contribution is -0.129. The molecule has 1 aliphatic heterocycles. The van der Waals surface area contributed by atoms with Crippen molar-refractivity contribution in [3.05, 3.63) is 54.6 Å². The van der Waals surface area contributed by atoms with Crippen molar-refractivity contribution in [2.75, 3.05) is 23.8 Å². The monoisotopic (exact) mass is 389 g/mol. The highest BCUT2D eigenvalue weighted by Crippen LogP contribution is 2.25. The van der Waals surface area contributed by atoms with Gasteiger partial charge in [-0.15, -0.1) is 11.8 Å². The highest BCUT2D eigenvalue weighted by molar-refractivity contribution is 8.00. The Hall–Kier alpha value is -1.79. The average Bonchev–Trinajstić information content (AvgIpc) is 3.01. The molecule has 1 heterocycles. The van der Waals surface area contributed by atoms with Gasteiger partial charge in [-0.05, 0) is 36.6 Å². The molecule has 1 unspecified atom stereocenters. The van der Waals surface area contributed by atoms with E-state index in [1.165, 1.54) is 17.3 Å². The van der Waals surface area contributed by atoms with Gasteiger partial charge >= 0.3 is 0 Å². The van der Waals surface area contributed by atoms with Gasteiger partial charge in [0.2, 0.25) is 5.91 Å². The molecule has 1 fully saturated rings. The molecular formula is C20H23NO3S2. The third kappa shape index (κ3) is 4.68. The lowest BCUT2D eigenvalue weighted by Gasteiger charge is -2.26. The number of amides is 1. The second-order valence-electron chi connectivity index (χ2n) is 6.42. The number of hydrogen-bond acceptors (Lipinski definition) is 4. The van der Waals surface area contributed by atoms with E-state index < -0.39 is 9.84 Å². The van der Waals surface area contributed by atoms with Crippen LogP contribution in [0.1, 0.15) is 13.3 Å². The van der Waals surface area contributed by atoms with Gasteiger partial charge in [0.15, 0.2) is 9.84 Å². The van der Waals surface area contributed by atoms with Crippen molar-refractivity contribution >= 4 is 27.5 Å². The summed E-state index contributed by atoms with van der Waals surface area (Å²) in [5, 5.41) is 0. The largest absolute Gasteiger partial charge is 0.338 e. The summed E-state index contributed by atoms with van der Waals surface area (Å²) in [4.78, 5) is 15.3. The summed E-state index contributed by atoms with van der Waals surface area (Å²) in [6.45, 7) is 2.45. The minimum atomic E-state index is -2.98. The molecule has 138 valence electrons. The normalized spacial score (nSPS) is 18.6. The zero-order chi connectivity index (χ0) is 18.6. The predicted molar refractivity (Wildman–Crippen MR) is 107 cm³/mol. The standard InChI is InChI=1S/C20H23NO3S2/c1-2-21(18-12-13-26(23,24)15-18)20(22)14-25-19-10-8-17(9-11-19)16-6-4-3-5-7-16/h3-11,18H,2,12-15H2,1H3. The van der Waals surface area contributed by atoms with Gasteiger partial charge in [0.25, 0.3) is 0 Å². The Morgan fingerprint density at radius 1 is 1.08 bits per heavy atom. The van der Waals surface area contributed by atoms with E-state index in [1.54, 1.807) is 4.90 Å². The fourth-order valence-corrected chi connectivity index (χ4v) is 5.78. The molecule has 1 atom stereocenters. The number of sulfone groups is 1. The maximum absolute atomic E-state index is 12.5. The van der Waals surface area contributed by atoms with Gasteiger partial charge in [-0.2, -0.15) is 0 Å². The van der Waals surface area contributed by atoms with Crippen LogP contribution < -0.4 is 0 Å². The van der Waals surface area contributed by atoms with Crippen molar-refractivity contribution in [1.29, 1.82) is 0 Å². The number of thioether (sulfide) groups is 1. The first-order valence-corrected chi connectivity index (χ1v) is 11.6. The number of hydrogen-bond donors (Lipinski definition) is 0. The van der Waals surface area contributed by atoms with E-state index in [1.807, 2.05) is 37.3 Å². The molecule has 4 nitrogen and oxygen atoms in total. The van der Waals surface area contributed by atoms with E-state index in [-0.39, 0.29) is 23.5 Å². The summed E-state index contributed by atoms with van der Waals surface area (Å²) in [5.74, 6) is 0.625. The predicted octanol–water partition coefficient (Wildman–Crippen LogP) is 3.48. The molecule has 2 aromatic rings. The van der Waals surface area contributed by atoms with Crippen LogP contribution in [-0.4, -0.2) is 49.1 Å². The van der Waals surface area contributed by atoms with E-state index in [0.717, 1.165) is 10.5 Å². The van der Waals surface area contributed by atoms with E-state index >= 15 is 0 Å². The third-order valence-electron chi connectivity index (χ3n) is 4.63. The Kier molecular flexibility index (Phi) is 6.04. The molecule has 0 bridgehead atoms. The SMILES string of the molecule is CCN(C(=O)CSc1ccc(-c2ccccc2)cc1)C1CCS(=O)(=O)C1. The Balaban J connectivity index is 1.58. The molecule has 0 aromatic heterocycles. The molecule has 6 heteroatoms. The van der Waals surface area contributed by atoms with Crippen LogP contribution in [0.5, 0.6) is 0 Å². The maximum atomic E-state index is 12.5. The second kappa shape index (κ2) is 8.27. The van der Waals surface area contributed by atoms with Gasteiger partial charge in [-0.3, -0.25) is 4.79 Å². The van der Waals surface area contributed by atoms with Crippen molar-refractivity contribution in [2.45, 2.75) is 24.3 Å². The molecule has 1 amide bonds. The Morgan fingerprint density at radius 3 is 2.31 bits per heavy atom. The first-order valence-electron chi connectivity index (χ1n) is 8.76. The molecule has 2 aromatic carbocycles. The summed E-state index contributed by atoms with van der Waals surface area (Å²) in [6, 6.07) is 18.2. The van der Waals surface area contributed by atoms with Crippen molar-refractivity contribution in [3.63, 3.8) is 0 Å². The minimum Gasteiger partial charge on any atom is -0.338 e. The Morgan fingerprint density at radius 2 is 1.73 bits per heavy atom. The van der Waals surface area contributed by atoms with Gasteiger partial charge < -0.3 is 4.90 Å². The number of nitrogens with zero attached hydrogens (tertiary/aromatic N) is 1. The lowest BCUT2D eigenvalue weighted by Crippen LogP contribution is -2.41. The lowest BCUT2D eigenvalue weighted by atomic mass is 10.1. The van der Waals surface area contributed by atoms with Crippen LogP contribution >= 0.6 is 11.8 Å². The zero-order valence-electron chi connectivity index (χ0n) is 14.8. The smallest absolute Gasteiger partial charge is 0.233 e. The number of rotatable bonds is 6. The molecular weight excluding hydrogens is 366 g/mol. The van der Waals surface area contributed by atoms with Crippen LogP contribution in [0.3, 0.4) is 0 Å². The summed E-state index contributed by atoms with van der Waals surface area (Å²) in [5.41, 5.74) is 2.31. The van der Waals surface area contributed by atoms with Crippen molar-refractivity contribution in [3.8, 4) is 11.1 Å². The fraction of sp³-hybridized carbons (Fsp3) is 0.350. The van der Waals surface area contributed by atoms with Crippen molar-refractivity contribution in [1.82, 2.24) is 4.90 Å². The second-order valence-corrected chi connectivity index (χ2v) is 9.69. The summed E-state index contributed by atoms with van der Waals surface area (Å²) < 4.78 is 23.3. The van der Waals surface area contributed by atoms with Crippen LogP contribution in [-0.2, 0) is 14.6 Å². The highest BCUT2D eigenvalue weighted by atomic mass is 32.2. The molecule has 0 N–H and O–H groups in total. The van der Waals surface area contributed by atoms with Crippen LogP contribution in [0.25, 0.3) is 11.1 Å². The molecule has 1 saturated heterocycles. The van der Waals surface area contributed by atoms with Crippen LogP contribution in [0.15, 0.2) is 59.5 Å². The number of benzene rings is 2. The minimum absolute atomic E-state index is 0.00624. The Bertz CT molecular complexity index is 848. The highest BCUT2D eigenvalue weighted by Gasteiger charge is 2.33. The molecule has 3 rings (SSSR count). The average molecular weight is 390 g/mol. The first kappa shape index (κ1) is 19.0. The van der Waals surface area contributed by atoms with Crippen LogP contribution in [0.2, 0.25) is 0 Å². The molecule has 26 heavy (non-hydrogen) atoms. The van der Waals surface area contributed by atoms with Gasteiger partial charge in [-0.1, -0.05) is 42.5 Å². The Labute approximate surface area is 159 Å². The number of carbonyl (C=O) groups excluding carboxylic acids is 1.